The van der Waals surface area contributed by atoms with Crippen LogP contribution < -0.4 is 0 Å². The van der Waals surface area contributed by atoms with E-state index in [-0.39, 0.29) is 6.61 Å². The van der Waals surface area contributed by atoms with Crippen molar-refractivity contribution in [2.75, 3.05) is 6.61 Å². The number of alkyl halides is 2. The van der Waals surface area contributed by atoms with Gasteiger partial charge in [-0.05, 0) is 13.3 Å². The van der Waals surface area contributed by atoms with Crippen molar-refractivity contribution in [1.82, 2.24) is 0 Å². The second kappa shape index (κ2) is 6.70. The van der Waals surface area contributed by atoms with Gasteiger partial charge >= 0.3 is 5.97 Å². The molecule has 0 radical (unpaired) electrons. The highest BCUT2D eigenvalue weighted by Crippen LogP contribution is 2.07. The summed E-state index contributed by atoms with van der Waals surface area (Å²) in [5, 5.41) is 0. The van der Waals surface area contributed by atoms with E-state index in [1.165, 1.54) is 0 Å². The molecule has 0 amide bonds. The van der Waals surface area contributed by atoms with Gasteiger partial charge in [-0.15, -0.1) is 0 Å². The quantitative estimate of drug-likeness (QED) is 0.298. The molecule has 0 aromatic carbocycles. The number of carbonyl (C=O) groups is 1. The first-order valence-corrected chi connectivity index (χ1v) is 7.19. The van der Waals surface area contributed by atoms with Crippen molar-refractivity contribution in [3.63, 3.8) is 0 Å². The van der Waals surface area contributed by atoms with Crippen molar-refractivity contribution in [3.05, 3.63) is 12.2 Å². The van der Waals surface area contributed by atoms with Gasteiger partial charge in [-0.25, -0.2) is 13.6 Å². The Kier molecular flexibility index (Phi) is 6.36. The fourth-order valence-electron chi connectivity index (χ4n) is 0.819. The molecule has 14 heavy (non-hydrogen) atoms. The third-order valence-corrected chi connectivity index (χ3v) is 3.99. The zero-order valence-corrected chi connectivity index (χ0v) is 9.71. The minimum atomic E-state index is -2.16. The fraction of sp³-hybridized carbons (Fsp3) is 0.667. The predicted molar refractivity (Wildman–Crippen MR) is 54.2 cm³/mol. The maximum absolute atomic E-state index is 12.1. The number of ether oxygens (including phenoxy) is 1. The molecule has 0 saturated heterocycles. The Bertz CT molecular complexity index is 207. The van der Waals surface area contributed by atoms with Gasteiger partial charge in [0.15, 0.2) is 0 Å². The van der Waals surface area contributed by atoms with Gasteiger partial charge < -0.3 is 4.74 Å². The zero-order valence-electron chi connectivity index (χ0n) is 8.56. The third-order valence-electron chi connectivity index (χ3n) is 1.82. The molecular weight excluding hydrogens is 206 g/mol. The molecule has 0 spiro atoms. The SMILES string of the molecule is C=C(C)C(=O)OCCC[SiH](C)C(F)F. The van der Waals surface area contributed by atoms with Crippen molar-refractivity contribution < 1.29 is 18.3 Å². The summed E-state index contributed by atoms with van der Waals surface area (Å²) in [6.45, 7) is 6.80. The summed E-state index contributed by atoms with van der Waals surface area (Å²) < 4.78 is 28.9. The molecule has 5 heteroatoms. The van der Waals surface area contributed by atoms with Crippen LogP contribution in [0.15, 0.2) is 12.2 Å². The maximum atomic E-state index is 12.1. The summed E-state index contributed by atoms with van der Waals surface area (Å²) in [6.07, 6.45) is 0.525. The Balaban J connectivity index is 3.47. The molecule has 0 aromatic heterocycles. The number of hydrogen-bond donors (Lipinski definition) is 0. The molecule has 0 N–H and O–H groups in total. The van der Waals surface area contributed by atoms with Crippen molar-refractivity contribution >= 4 is 14.8 Å². The van der Waals surface area contributed by atoms with Crippen LogP contribution in [0.2, 0.25) is 12.6 Å². The van der Waals surface area contributed by atoms with Crippen LogP contribution in [0.5, 0.6) is 0 Å². The van der Waals surface area contributed by atoms with Crippen LogP contribution in [-0.2, 0) is 9.53 Å². The molecule has 1 atom stereocenters. The summed E-state index contributed by atoms with van der Waals surface area (Å²) in [4.78, 5) is 10.9. The van der Waals surface area contributed by atoms with Crippen LogP contribution in [0.4, 0.5) is 8.78 Å². The molecule has 0 bridgehead atoms. The van der Waals surface area contributed by atoms with Gasteiger partial charge in [0.05, 0.1) is 6.61 Å². The van der Waals surface area contributed by atoms with Gasteiger partial charge in [0, 0.05) is 5.57 Å². The van der Waals surface area contributed by atoms with E-state index in [1.807, 2.05) is 0 Å². The average Bonchev–Trinajstić information content (AvgIpc) is 2.11. The highest BCUT2D eigenvalue weighted by Gasteiger charge is 2.15. The topological polar surface area (TPSA) is 26.3 Å². The van der Waals surface area contributed by atoms with Crippen LogP contribution in [0.3, 0.4) is 0 Å². The Hall–Kier alpha value is -0.713. The lowest BCUT2D eigenvalue weighted by molar-refractivity contribution is -0.138. The molecule has 0 saturated carbocycles. The minimum absolute atomic E-state index is 0.218. The predicted octanol–water partition coefficient (Wildman–Crippen LogP) is 2.16. The summed E-state index contributed by atoms with van der Waals surface area (Å²) in [7, 11) is -1.91. The van der Waals surface area contributed by atoms with E-state index in [0.717, 1.165) is 0 Å². The summed E-state index contributed by atoms with van der Waals surface area (Å²) >= 11 is 0. The molecule has 0 aliphatic carbocycles. The molecule has 82 valence electrons. The number of halogens is 2. The smallest absolute Gasteiger partial charge is 0.333 e. The van der Waals surface area contributed by atoms with Gasteiger partial charge in [0.2, 0.25) is 6.05 Å². The first-order valence-electron chi connectivity index (χ1n) is 4.56. The number of esters is 1. The lowest BCUT2D eigenvalue weighted by Crippen LogP contribution is -2.19. The first kappa shape index (κ1) is 13.3. The molecule has 0 aliphatic heterocycles. The summed E-state index contributed by atoms with van der Waals surface area (Å²) in [5.41, 5.74) is 0.337. The number of rotatable bonds is 6. The molecule has 0 rings (SSSR count). The van der Waals surface area contributed by atoms with E-state index < -0.39 is 20.8 Å². The van der Waals surface area contributed by atoms with Gasteiger partial charge in [-0.3, -0.25) is 0 Å². The highest BCUT2D eigenvalue weighted by atomic mass is 28.3. The number of hydrogen-bond acceptors (Lipinski definition) is 2. The molecule has 0 aromatic rings. The molecule has 0 fully saturated rings. The number of carbonyl (C=O) groups excluding carboxylic acids is 1. The first-order chi connectivity index (χ1) is 6.45. The lowest BCUT2D eigenvalue weighted by Gasteiger charge is -2.08. The van der Waals surface area contributed by atoms with Crippen LogP contribution >= 0.6 is 0 Å². The second-order valence-corrected chi connectivity index (χ2v) is 6.41. The van der Waals surface area contributed by atoms with E-state index in [0.29, 0.717) is 18.0 Å². The fourth-order valence-corrected chi connectivity index (χ4v) is 1.88. The molecular formula is C9H16F2O2Si. The van der Waals surface area contributed by atoms with Crippen molar-refractivity contribution in [3.8, 4) is 0 Å². The van der Waals surface area contributed by atoms with E-state index in [4.69, 9.17) is 4.74 Å². The molecule has 1 unspecified atom stereocenters. The van der Waals surface area contributed by atoms with Crippen LogP contribution in [0.25, 0.3) is 0 Å². The zero-order chi connectivity index (χ0) is 11.1. The van der Waals surface area contributed by atoms with Crippen LogP contribution in [0, 0.1) is 0 Å². The van der Waals surface area contributed by atoms with E-state index >= 15 is 0 Å². The highest BCUT2D eigenvalue weighted by molar-refractivity contribution is 6.58. The maximum Gasteiger partial charge on any atom is 0.333 e. The van der Waals surface area contributed by atoms with Crippen molar-refractivity contribution in [1.29, 1.82) is 0 Å². The van der Waals surface area contributed by atoms with Gasteiger partial charge in [0.1, 0.15) is 8.80 Å². The second-order valence-electron chi connectivity index (χ2n) is 3.37. The minimum Gasteiger partial charge on any atom is -0.462 e. The molecule has 0 heterocycles. The van der Waals surface area contributed by atoms with E-state index in [9.17, 15) is 13.6 Å². The third kappa shape index (κ3) is 5.85. The van der Waals surface area contributed by atoms with Crippen molar-refractivity contribution in [2.24, 2.45) is 0 Å². The van der Waals surface area contributed by atoms with Gasteiger partial charge in [-0.2, -0.15) is 0 Å². The normalized spacial score (nSPS) is 12.6. The molecule has 0 aliphatic rings. The van der Waals surface area contributed by atoms with Crippen molar-refractivity contribution in [2.45, 2.75) is 32.0 Å². The largest absolute Gasteiger partial charge is 0.462 e. The summed E-state index contributed by atoms with van der Waals surface area (Å²) in [6, 6.07) is -1.66. The van der Waals surface area contributed by atoms with Crippen LogP contribution in [0.1, 0.15) is 13.3 Å². The Morgan fingerprint density at radius 2 is 2.14 bits per heavy atom. The molecule has 2 nitrogen and oxygen atoms in total. The van der Waals surface area contributed by atoms with E-state index in [2.05, 4.69) is 6.58 Å². The van der Waals surface area contributed by atoms with Gasteiger partial charge in [0.25, 0.3) is 0 Å². The van der Waals surface area contributed by atoms with Crippen LogP contribution in [-0.4, -0.2) is 27.4 Å². The monoisotopic (exact) mass is 222 g/mol. The van der Waals surface area contributed by atoms with E-state index in [1.54, 1.807) is 13.5 Å². The summed E-state index contributed by atoms with van der Waals surface area (Å²) in [5.74, 6) is -0.448. The standard InChI is InChI=1S/C9H16F2O2Si/c1-7(2)8(12)13-5-4-6-14(3)9(10)11/h9,14H,1,4-6H2,2-3H3. The Morgan fingerprint density at radius 3 is 2.57 bits per heavy atom. The van der Waals surface area contributed by atoms with Gasteiger partial charge in [-0.1, -0.05) is 19.2 Å². The lowest BCUT2D eigenvalue weighted by atomic mass is 10.4. The Morgan fingerprint density at radius 1 is 1.57 bits per heavy atom. The Labute approximate surface area is 84.6 Å². The average molecular weight is 222 g/mol.